The van der Waals surface area contributed by atoms with E-state index in [4.69, 9.17) is 23.2 Å². The summed E-state index contributed by atoms with van der Waals surface area (Å²) >= 11 is 12.0. The Morgan fingerprint density at radius 3 is 2.86 bits per heavy atom. The second-order valence-electron chi connectivity index (χ2n) is 4.73. The molecule has 1 aromatic heterocycles. The van der Waals surface area contributed by atoms with Crippen LogP contribution in [0.25, 0.3) is 10.9 Å². The summed E-state index contributed by atoms with van der Waals surface area (Å²) in [4.78, 5) is 15.2. The first kappa shape index (κ1) is 14.0. The predicted octanol–water partition coefficient (Wildman–Crippen LogP) is 4.66. The van der Waals surface area contributed by atoms with Gasteiger partial charge in [-0.2, -0.15) is 0 Å². The summed E-state index contributed by atoms with van der Waals surface area (Å²) in [5.74, 6) is -0.131. The van der Waals surface area contributed by atoms with E-state index in [9.17, 15) is 4.79 Å². The average Bonchev–Trinajstić information content (AvgIpc) is 2.91. The van der Waals surface area contributed by atoms with E-state index >= 15 is 0 Å². The molecule has 2 aromatic carbocycles. The van der Waals surface area contributed by atoms with Gasteiger partial charge >= 0.3 is 0 Å². The van der Waals surface area contributed by atoms with Crippen LogP contribution in [0.5, 0.6) is 0 Å². The van der Waals surface area contributed by atoms with E-state index in [0.29, 0.717) is 15.7 Å². The van der Waals surface area contributed by atoms with Gasteiger partial charge in [0.05, 0.1) is 22.2 Å². The van der Waals surface area contributed by atoms with Crippen LogP contribution in [0.2, 0.25) is 10.0 Å². The Hall–Kier alpha value is -1.97. The first-order valence-electron chi connectivity index (χ1n) is 6.43. The first-order chi connectivity index (χ1) is 10.1. The fourth-order valence-corrected chi connectivity index (χ4v) is 2.54. The lowest BCUT2D eigenvalue weighted by molar-refractivity contribution is -0.115. The van der Waals surface area contributed by atoms with E-state index in [2.05, 4.69) is 10.3 Å². The molecular formula is C16H12Cl2N2O. The highest BCUT2D eigenvalue weighted by Crippen LogP contribution is 2.29. The van der Waals surface area contributed by atoms with Crippen molar-refractivity contribution in [1.82, 2.24) is 4.98 Å². The second-order valence-corrected chi connectivity index (χ2v) is 5.51. The number of nitrogens with one attached hydrogen (secondary N) is 2. The molecule has 0 fully saturated rings. The molecule has 3 rings (SSSR count). The zero-order chi connectivity index (χ0) is 14.8. The standard InChI is InChI=1S/C16H12Cl2N2O/c17-12-2-1-3-14(16(12)18)20-15(21)9-10-4-5-13-11(8-10)6-7-19-13/h1-8,19H,9H2,(H,20,21). The number of rotatable bonds is 3. The minimum atomic E-state index is -0.131. The molecule has 0 spiro atoms. The van der Waals surface area contributed by atoms with Crippen molar-refractivity contribution >= 4 is 45.7 Å². The normalized spacial score (nSPS) is 10.8. The van der Waals surface area contributed by atoms with Gasteiger partial charge in [-0.25, -0.2) is 0 Å². The smallest absolute Gasteiger partial charge is 0.228 e. The van der Waals surface area contributed by atoms with Crippen LogP contribution < -0.4 is 5.32 Å². The average molecular weight is 319 g/mol. The van der Waals surface area contributed by atoms with Crippen molar-refractivity contribution in [2.24, 2.45) is 0 Å². The van der Waals surface area contributed by atoms with E-state index in [1.807, 2.05) is 30.5 Å². The Morgan fingerprint density at radius 2 is 2.00 bits per heavy atom. The van der Waals surface area contributed by atoms with Gasteiger partial charge in [0.25, 0.3) is 0 Å². The molecule has 5 heteroatoms. The van der Waals surface area contributed by atoms with E-state index in [1.54, 1.807) is 18.2 Å². The largest absolute Gasteiger partial charge is 0.361 e. The lowest BCUT2D eigenvalue weighted by Gasteiger charge is -2.08. The highest BCUT2D eigenvalue weighted by Gasteiger charge is 2.09. The van der Waals surface area contributed by atoms with Gasteiger partial charge in [0.1, 0.15) is 0 Å². The summed E-state index contributed by atoms with van der Waals surface area (Å²) in [7, 11) is 0. The molecule has 0 unspecified atom stereocenters. The molecule has 106 valence electrons. The number of carbonyl (C=O) groups excluding carboxylic acids is 1. The third-order valence-corrected chi connectivity index (χ3v) is 4.03. The zero-order valence-corrected chi connectivity index (χ0v) is 12.5. The molecule has 21 heavy (non-hydrogen) atoms. The van der Waals surface area contributed by atoms with Crippen molar-refractivity contribution in [3.8, 4) is 0 Å². The highest BCUT2D eigenvalue weighted by atomic mass is 35.5. The second kappa shape index (κ2) is 5.80. The highest BCUT2D eigenvalue weighted by molar-refractivity contribution is 6.44. The Bertz CT molecular complexity index is 811. The summed E-state index contributed by atoms with van der Waals surface area (Å²) in [6, 6.07) is 13.0. The topological polar surface area (TPSA) is 44.9 Å². The van der Waals surface area contributed by atoms with Crippen LogP contribution in [0.4, 0.5) is 5.69 Å². The van der Waals surface area contributed by atoms with Crippen molar-refractivity contribution < 1.29 is 4.79 Å². The van der Waals surface area contributed by atoms with E-state index in [-0.39, 0.29) is 12.3 Å². The van der Waals surface area contributed by atoms with Crippen molar-refractivity contribution in [3.05, 3.63) is 64.3 Å². The van der Waals surface area contributed by atoms with Crippen molar-refractivity contribution in [2.75, 3.05) is 5.32 Å². The van der Waals surface area contributed by atoms with Crippen LogP contribution in [0, 0.1) is 0 Å². The number of carbonyl (C=O) groups is 1. The monoisotopic (exact) mass is 318 g/mol. The third kappa shape index (κ3) is 3.04. The minimum absolute atomic E-state index is 0.131. The number of aromatic amines is 1. The molecule has 3 nitrogen and oxygen atoms in total. The summed E-state index contributed by atoms with van der Waals surface area (Å²) in [5.41, 5.74) is 2.52. The number of benzene rings is 2. The number of aromatic nitrogens is 1. The van der Waals surface area contributed by atoms with Crippen LogP contribution in [0.3, 0.4) is 0 Å². The molecule has 1 heterocycles. The number of H-pyrrole nitrogens is 1. The van der Waals surface area contributed by atoms with Crippen LogP contribution in [0.15, 0.2) is 48.7 Å². The number of halogens is 2. The summed E-state index contributed by atoms with van der Waals surface area (Å²) < 4.78 is 0. The van der Waals surface area contributed by atoms with Crippen LogP contribution in [0.1, 0.15) is 5.56 Å². The summed E-state index contributed by atoms with van der Waals surface area (Å²) in [6.45, 7) is 0. The molecule has 0 radical (unpaired) electrons. The number of anilines is 1. The Kier molecular flexibility index (Phi) is 3.86. The van der Waals surface area contributed by atoms with E-state index < -0.39 is 0 Å². The number of fused-ring (bicyclic) bond motifs is 1. The van der Waals surface area contributed by atoms with Gasteiger partial charge in [0, 0.05) is 11.7 Å². The van der Waals surface area contributed by atoms with E-state index in [1.165, 1.54) is 0 Å². The summed E-state index contributed by atoms with van der Waals surface area (Å²) in [5, 5.41) is 4.64. The predicted molar refractivity (Wildman–Crippen MR) is 87.1 cm³/mol. The molecule has 3 aromatic rings. The SMILES string of the molecule is O=C(Cc1ccc2[nH]ccc2c1)Nc1cccc(Cl)c1Cl. The van der Waals surface area contributed by atoms with Gasteiger partial charge in [-0.3, -0.25) is 4.79 Å². The maximum Gasteiger partial charge on any atom is 0.228 e. The number of amides is 1. The molecule has 0 saturated carbocycles. The fourth-order valence-electron chi connectivity index (χ4n) is 2.19. The van der Waals surface area contributed by atoms with Gasteiger partial charge in [-0.1, -0.05) is 35.3 Å². The molecule has 0 aliphatic rings. The zero-order valence-electron chi connectivity index (χ0n) is 11.0. The van der Waals surface area contributed by atoms with Gasteiger partial charge < -0.3 is 10.3 Å². The van der Waals surface area contributed by atoms with Gasteiger partial charge in [-0.05, 0) is 41.3 Å². The van der Waals surface area contributed by atoms with Crippen LogP contribution >= 0.6 is 23.2 Å². The Morgan fingerprint density at radius 1 is 1.14 bits per heavy atom. The van der Waals surface area contributed by atoms with Crippen molar-refractivity contribution in [2.45, 2.75) is 6.42 Å². The van der Waals surface area contributed by atoms with E-state index in [0.717, 1.165) is 16.5 Å². The maximum absolute atomic E-state index is 12.1. The van der Waals surface area contributed by atoms with Gasteiger partial charge in [-0.15, -0.1) is 0 Å². The lowest BCUT2D eigenvalue weighted by Crippen LogP contribution is -2.14. The Labute approximate surface area is 131 Å². The van der Waals surface area contributed by atoms with Gasteiger partial charge in [0.15, 0.2) is 0 Å². The minimum Gasteiger partial charge on any atom is -0.361 e. The third-order valence-electron chi connectivity index (χ3n) is 3.21. The lowest BCUT2D eigenvalue weighted by atomic mass is 10.1. The Balaban J connectivity index is 1.75. The number of hydrogen-bond donors (Lipinski definition) is 2. The summed E-state index contributed by atoms with van der Waals surface area (Å²) in [6.07, 6.45) is 2.16. The molecule has 1 amide bonds. The number of hydrogen-bond acceptors (Lipinski definition) is 1. The molecule has 0 atom stereocenters. The fraction of sp³-hybridized carbons (Fsp3) is 0.0625. The maximum atomic E-state index is 12.1. The molecule has 0 aliphatic carbocycles. The molecule has 0 bridgehead atoms. The van der Waals surface area contributed by atoms with Crippen LogP contribution in [-0.4, -0.2) is 10.9 Å². The van der Waals surface area contributed by atoms with Crippen molar-refractivity contribution in [1.29, 1.82) is 0 Å². The molecular weight excluding hydrogens is 307 g/mol. The quantitative estimate of drug-likeness (QED) is 0.725. The van der Waals surface area contributed by atoms with Crippen molar-refractivity contribution in [3.63, 3.8) is 0 Å². The molecule has 0 aliphatic heterocycles. The van der Waals surface area contributed by atoms with Gasteiger partial charge in [0.2, 0.25) is 5.91 Å². The van der Waals surface area contributed by atoms with Crippen LogP contribution in [-0.2, 0) is 11.2 Å². The molecule has 0 saturated heterocycles. The first-order valence-corrected chi connectivity index (χ1v) is 7.19. The molecule has 2 N–H and O–H groups in total.